The fraction of sp³-hybridized carbons (Fsp3) is 0.556. The molecule has 0 bridgehead atoms. The van der Waals surface area contributed by atoms with Gasteiger partial charge in [-0.25, -0.2) is 9.97 Å². The second-order valence-corrected chi connectivity index (χ2v) is 4.32. The first-order chi connectivity index (χ1) is 6.63. The van der Waals surface area contributed by atoms with Crippen molar-refractivity contribution in [2.45, 2.75) is 19.9 Å². The summed E-state index contributed by atoms with van der Waals surface area (Å²) in [6.07, 6.45) is 3.34. The third-order valence-corrected chi connectivity index (χ3v) is 2.35. The Morgan fingerprint density at radius 3 is 2.43 bits per heavy atom. The maximum absolute atomic E-state index is 9.09. The number of aliphatic hydroxyl groups excluding tert-OH is 1. The summed E-state index contributed by atoms with van der Waals surface area (Å²) in [6, 6.07) is -0.00354. The van der Waals surface area contributed by atoms with Crippen LogP contribution in [0.5, 0.6) is 0 Å². The van der Waals surface area contributed by atoms with Gasteiger partial charge in [0, 0.05) is 12.4 Å². The van der Waals surface area contributed by atoms with E-state index in [9.17, 15) is 0 Å². The Balaban J connectivity index is 2.63. The molecule has 0 aromatic carbocycles. The van der Waals surface area contributed by atoms with Gasteiger partial charge in [0.15, 0.2) is 0 Å². The number of halogens is 1. The van der Waals surface area contributed by atoms with Crippen molar-refractivity contribution < 1.29 is 5.11 Å². The molecular weight excluding hydrogens is 246 g/mol. The lowest BCUT2D eigenvalue weighted by Crippen LogP contribution is -2.30. The van der Waals surface area contributed by atoms with Crippen molar-refractivity contribution in [1.82, 2.24) is 9.97 Å². The van der Waals surface area contributed by atoms with Crippen molar-refractivity contribution in [3.63, 3.8) is 0 Å². The van der Waals surface area contributed by atoms with Crippen LogP contribution < -0.4 is 5.32 Å². The minimum Gasteiger partial charge on any atom is -0.394 e. The first kappa shape index (κ1) is 11.4. The molecule has 1 aromatic rings. The molecule has 0 aliphatic heterocycles. The highest BCUT2D eigenvalue weighted by atomic mass is 79.9. The van der Waals surface area contributed by atoms with Gasteiger partial charge < -0.3 is 10.4 Å². The third kappa shape index (κ3) is 3.23. The van der Waals surface area contributed by atoms with E-state index in [1.165, 1.54) is 0 Å². The summed E-state index contributed by atoms with van der Waals surface area (Å²) in [5, 5.41) is 12.1. The normalized spacial score (nSPS) is 12.9. The molecule has 78 valence electrons. The van der Waals surface area contributed by atoms with Crippen molar-refractivity contribution in [2.24, 2.45) is 5.92 Å². The number of aliphatic hydroxyl groups is 1. The van der Waals surface area contributed by atoms with Gasteiger partial charge >= 0.3 is 0 Å². The number of anilines is 1. The molecule has 0 saturated carbocycles. The van der Waals surface area contributed by atoms with Crippen molar-refractivity contribution in [2.75, 3.05) is 11.9 Å². The van der Waals surface area contributed by atoms with Crippen LogP contribution in [-0.4, -0.2) is 27.7 Å². The van der Waals surface area contributed by atoms with Gasteiger partial charge in [-0.3, -0.25) is 0 Å². The molecule has 5 heteroatoms. The lowest BCUT2D eigenvalue weighted by Gasteiger charge is -2.19. The Morgan fingerprint density at radius 2 is 2.00 bits per heavy atom. The molecule has 4 nitrogen and oxygen atoms in total. The van der Waals surface area contributed by atoms with Crippen LogP contribution in [0.15, 0.2) is 16.9 Å². The van der Waals surface area contributed by atoms with E-state index in [2.05, 4.69) is 31.2 Å². The molecule has 1 heterocycles. The molecule has 0 amide bonds. The number of hydrogen-bond donors (Lipinski definition) is 2. The van der Waals surface area contributed by atoms with Crippen LogP contribution in [0.4, 0.5) is 5.95 Å². The van der Waals surface area contributed by atoms with Gasteiger partial charge in [0.1, 0.15) is 0 Å². The Bertz CT molecular complexity index is 276. The summed E-state index contributed by atoms with van der Waals surface area (Å²) in [5.74, 6) is 0.883. The van der Waals surface area contributed by atoms with E-state index in [0.29, 0.717) is 11.9 Å². The SMILES string of the molecule is CC(C)[C@@H](CO)Nc1ncc(Br)cn1. The molecule has 1 atom stereocenters. The van der Waals surface area contributed by atoms with E-state index in [0.717, 1.165) is 4.47 Å². The fourth-order valence-electron chi connectivity index (χ4n) is 0.976. The van der Waals surface area contributed by atoms with Crippen molar-refractivity contribution >= 4 is 21.9 Å². The zero-order valence-electron chi connectivity index (χ0n) is 8.24. The van der Waals surface area contributed by atoms with Crippen LogP contribution in [0, 0.1) is 5.92 Å². The van der Waals surface area contributed by atoms with E-state index < -0.39 is 0 Å². The van der Waals surface area contributed by atoms with E-state index in [1.807, 2.05) is 13.8 Å². The Kier molecular flexibility index (Phi) is 4.28. The zero-order valence-corrected chi connectivity index (χ0v) is 9.82. The van der Waals surface area contributed by atoms with Crippen LogP contribution >= 0.6 is 15.9 Å². The highest BCUT2D eigenvalue weighted by Gasteiger charge is 2.12. The van der Waals surface area contributed by atoms with Gasteiger partial charge in [-0.1, -0.05) is 13.8 Å². The summed E-state index contributed by atoms with van der Waals surface area (Å²) >= 11 is 3.26. The van der Waals surface area contributed by atoms with E-state index in [1.54, 1.807) is 12.4 Å². The molecular formula is C9H14BrN3O. The first-order valence-corrected chi connectivity index (χ1v) is 5.27. The average molecular weight is 260 g/mol. The quantitative estimate of drug-likeness (QED) is 0.864. The van der Waals surface area contributed by atoms with Gasteiger partial charge in [0.2, 0.25) is 5.95 Å². The van der Waals surface area contributed by atoms with E-state index in [-0.39, 0.29) is 12.6 Å². The standard InChI is InChI=1S/C9H14BrN3O/c1-6(2)8(5-14)13-9-11-3-7(10)4-12-9/h3-4,6,8,14H,5H2,1-2H3,(H,11,12,13)/t8-/m1/s1. The summed E-state index contributed by atoms with van der Waals surface area (Å²) in [5.41, 5.74) is 0. The molecule has 2 N–H and O–H groups in total. The van der Waals surface area contributed by atoms with Gasteiger partial charge in [-0.05, 0) is 21.8 Å². The van der Waals surface area contributed by atoms with E-state index >= 15 is 0 Å². The lowest BCUT2D eigenvalue weighted by molar-refractivity contribution is 0.248. The number of hydrogen-bond acceptors (Lipinski definition) is 4. The summed E-state index contributed by atoms with van der Waals surface area (Å²) in [4.78, 5) is 8.14. The summed E-state index contributed by atoms with van der Waals surface area (Å²) < 4.78 is 0.841. The van der Waals surface area contributed by atoms with Crippen LogP contribution in [0.2, 0.25) is 0 Å². The number of rotatable bonds is 4. The van der Waals surface area contributed by atoms with E-state index in [4.69, 9.17) is 5.11 Å². The Hall–Kier alpha value is -0.680. The maximum atomic E-state index is 9.09. The van der Waals surface area contributed by atoms with Crippen LogP contribution in [0.1, 0.15) is 13.8 Å². The number of nitrogens with zero attached hydrogens (tertiary/aromatic N) is 2. The zero-order chi connectivity index (χ0) is 10.6. The monoisotopic (exact) mass is 259 g/mol. The van der Waals surface area contributed by atoms with Gasteiger partial charge in [0.05, 0.1) is 17.1 Å². The fourth-order valence-corrected chi connectivity index (χ4v) is 1.18. The lowest BCUT2D eigenvalue weighted by atomic mass is 10.1. The Labute approximate surface area is 91.9 Å². The molecule has 0 saturated heterocycles. The number of nitrogens with one attached hydrogen (secondary N) is 1. The number of aromatic nitrogens is 2. The maximum Gasteiger partial charge on any atom is 0.222 e. The molecule has 14 heavy (non-hydrogen) atoms. The highest BCUT2D eigenvalue weighted by Crippen LogP contribution is 2.10. The average Bonchev–Trinajstić information content (AvgIpc) is 2.16. The van der Waals surface area contributed by atoms with Crippen molar-refractivity contribution in [1.29, 1.82) is 0 Å². The predicted octanol–water partition coefficient (Wildman–Crippen LogP) is 1.67. The second-order valence-electron chi connectivity index (χ2n) is 3.40. The summed E-state index contributed by atoms with van der Waals surface area (Å²) in [7, 11) is 0. The Morgan fingerprint density at radius 1 is 1.43 bits per heavy atom. The highest BCUT2D eigenvalue weighted by molar-refractivity contribution is 9.10. The van der Waals surface area contributed by atoms with Crippen molar-refractivity contribution in [3.05, 3.63) is 16.9 Å². The molecule has 0 radical (unpaired) electrons. The molecule has 1 rings (SSSR count). The molecule has 0 aliphatic carbocycles. The molecule has 0 unspecified atom stereocenters. The van der Waals surface area contributed by atoms with Crippen molar-refractivity contribution in [3.8, 4) is 0 Å². The first-order valence-electron chi connectivity index (χ1n) is 4.48. The second kappa shape index (κ2) is 5.26. The minimum absolute atomic E-state index is 0.00354. The molecule has 0 fully saturated rings. The van der Waals surface area contributed by atoms with Crippen LogP contribution in [-0.2, 0) is 0 Å². The molecule has 1 aromatic heterocycles. The van der Waals surface area contributed by atoms with Gasteiger partial charge in [-0.2, -0.15) is 0 Å². The molecule has 0 aliphatic rings. The third-order valence-electron chi connectivity index (χ3n) is 1.94. The smallest absolute Gasteiger partial charge is 0.222 e. The molecule has 0 spiro atoms. The predicted molar refractivity (Wildman–Crippen MR) is 59.1 cm³/mol. The largest absolute Gasteiger partial charge is 0.394 e. The van der Waals surface area contributed by atoms with Crippen LogP contribution in [0.25, 0.3) is 0 Å². The summed E-state index contributed by atoms with van der Waals surface area (Å²) in [6.45, 7) is 4.15. The minimum atomic E-state index is -0.00354. The van der Waals surface area contributed by atoms with Gasteiger partial charge in [-0.15, -0.1) is 0 Å². The van der Waals surface area contributed by atoms with Crippen LogP contribution in [0.3, 0.4) is 0 Å². The topological polar surface area (TPSA) is 58.0 Å². The van der Waals surface area contributed by atoms with Gasteiger partial charge in [0.25, 0.3) is 0 Å².